The average molecular weight is 494 g/mol. The molecule has 0 fully saturated rings. The second-order valence-corrected chi connectivity index (χ2v) is 7.38. The van der Waals surface area contributed by atoms with Gasteiger partial charge in [0.25, 0.3) is 0 Å². The van der Waals surface area contributed by atoms with Gasteiger partial charge in [0.05, 0.1) is 12.5 Å². The van der Waals surface area contributed by atoms with E-state index in [2.05, 4.69) is 33.6 Å². The first-order chi connectivity index (χ1) is 15.3. The van der Waals surface area contributed by atoms with Crippen LogP contribution in [0.4, 0.5) is 0 Å². The molecule has 0 saturated heterocycles. The molecule has 0 aromatic rings. The second-order valence-electron chi connectivity index (χ2n) is 7.02. The SMILES string of the molecule is CC(O)C(N)C(=O)NC(CS)C(=O)NC(CCCN=C(N)N)C(=O)NC(CC(=O)O)C(=O)O. The van der Waals surface area contributed by atoms with Crippen LogP contribution in [0, 0.1) is 0 Å². The predicted molar refractivity (Wildman–Crippen MR) is 119 cm³/mol. The fourth-order valence-corrected chi connectivity index (χ4v) is 2.63. The lowest BCUT2D eigenvalue weighted by atomic mass is 10.1. The number of carboxylic acids is 2. The number of carbonyl (C=O) groups excluding carboxylic acids is 3. The largest absolute Gasteiger partial charge is 0.481 e. The van der Waals surface area contributed by atoms with Crippen molar-refractivity contribution in [1.82, 2.24) is 16.0 Å². The lowest BCUT2D eigenvalue weighted by Crippen LogP contribution is -2.58. The van der Waals surface area contributed by atoms with Crippen molar-refractivity contribution in [2.45, 2.75) is 56.5 Å². The number of aliphatic carboxylic acids is 2. The van der Waals surface area contributed by atoms with Crippen LogP contribution in [0.2, 0.25) is 0 Å². The van der Waals surface area contributed by atoms with Gasteiger partial charge in [-0.2, -0.15) is 12.6 Å². The van der Waals surface area contributed by atoms with E-state index in [4.69, 9.17) is 27.4 Å². The highest BCUT2D eigenvalue weighted by molar-refractivity contribution is 7.80. The van der Waals surface area contributed by atoms with Crippen LogP contribution in [0.1, 0.15) is 26.2 Å². The van der Waals surface area contributed by atoms with Crippen molar-refractivity contribution in [3.8, 4) is 0 Å². The van der Waals surface area contributed by atoms with Gasteiger partial charge in [-0.25, -0.2) is 4.79 Å². The Morgan fingerprint density at radius 1 is 0.939 bits per heavy atom. The summed E-state index contributed by atoms with van der Waals surface area (Å²) < 4.78 is 0. The molecule has 33 heavy (non-hydrogen) atoms. The molecule has 15 nitrogen and oxygen atoms in total. The number of aliphatic imine (C=N–C) groups is 1. The molecule has 188 valence electrons. The average Bonchev–Trinajstić information content (AvgIpc) is 2.71. The van der Waals surface area contributed by atoms with Crippen molar-refractivity contribution in [3.05, 3.63) is 0 Å². The van der Waals surface area contributed by atoms with Crippen LogP contribution < -0.4 is 33.2 Å². The summed E-state index contributed by atoms with van der Waals surface area (Å²) in [5.74, 6) is -6.06. The zero-order valence-electron chi connectivity index (χ0n) is 17.9. The van der Waals surface area contributed by atoms with Crippen LogP contribution in [0.5, 0.6) is 0 Å². The Hall–Kier alpha value is -3.11. The minimum Gasteiger partial charge on any atom is -0.481 e. The van der Waals surface area contributed by atoms with Crippen LogP contribution >= 0.6 is 12.6 Å². The minimum absolute atomic E-state index is 0.0474. The van der Waals surface area contributed by atoms with Gasteiger partial charge in [0.2, 0.25) is 17.7 Å². The number of nitrogens with two attached hydrogens (primary N) is 3. The Morgan fingerprint density at radius 2 is 1.45 bits per heavy atom. The molecule has 0 aliphatic carbocycles. The third kappa shape index (κ3) is 11.9. The summed E-state index contributed by atoms with van der Waals surface area (Å²) in [6.45, 7) is 1.38. The van der Waals surface area contributed by atoms with Crippen molar-refractivity contribution in [1.29, 1.82) is 0 Å². The minimum atomic E-state index is -1.74. The molecule has 16 heteroatoms. The van der Waals surface area contributed by atoms with E-state index in [0.717, 1.165) is 0 Å². The van der Waals surface area contributed by atoms with Gasteiger partial charge in [-0.15, -0.1) is 0 Å². The quantitative estimate of drug-likeness (QED) is 0.0451. The summed E-state index contributed by atoms with van der Waals surface area (Å²) in [6, 6.07) is -5.61. The standard InChI is InChI=1S/C17H31N7O8S/c1-7(25)12(18)15(30)24-10(6-33)14(29)22-8(3-2-4-21-17(19)20)13(28)23-9(16(31)32)5-11(26)27/h7-10,12,25,33H,2-6,18H2,1H3,(H,22,29)(H,23,28)(H,24,30)(H,26,27)(H,31,32)(H4,19,20,21). The summed E-state index contributed by atoms with van der Waals surface area (Å²) >= 11 is 3.98. The number of amides is 3. The zero-order chi connectivity index (χ0) is 25.7. The highest BCUT2D eigenvalue weighted by Crippen LogP contribution is 2.03. The Labute approximate surface area is 194 Å². The number of rotatable bonds is 15. The number of aliphatic hydroxyl groups excluding tert-OH is 1. The number of nitrogens with one attached hydrogen (secondary N) is 3. The maximum Gasteiger partial charge on any atom is 0.326 e. The normalized spacial score (nSPS) is 15.2. The fraction of sp³-hybridized carbons (Fsp3) is 0.647. The van der Waals surface area contributed by atoms with Gasteiger partial charge in [-0.1, -0.05) is 0 Å². The molecular weight excluding hydrogens is 462 g/mol. The highest BCUT2D eigenvalue weighted by atomic mass is 32.1. The molecule has 0 aromatic heterocycles. The number of thiol groups is 1. The molecule has 12 N–H and O–H groups in total. The summed E-state index contributed by atoms with van der Waals surface area (Å²) in [5.41, 5.74) is 16.0. The highest BCUT2D eigenvalue weighted by Gasteiger charge is 2.31. The van der Waals surface area contributed by atoms with Crippen LogP contribution in [-0.2, 0) is 24.0 Å². The number of guanidine groups is 1. The van der Waals surface area contributed by atoms with E-state index in [0.29, 0.717) is 0 Å². The van der Waals surface area contributed by atoms with Crippen LogP contribution in [0.3, 0.4) is 0 Å². The predicted octanol–water partition coefficient (Wildman–Crippen LogP) is -4.31. The maximum absolute atomic E-state index is 12.6. The number of aliphatic hydroxyl groups is 1. The molecule has 5 atom stereocenters. The summed E-state index contributed by atoms with van der Waals surface area (Å²) in [7, 11) is 0. The molecule has 0 heterocycles. The third-order valence-electron chi connectivity index (χ3n) is 4.21. The first kappa shape index (κ1) is 29.9. The van der Waals surface area contributed by atoms with Gasteiger partial charge in [0.1, 0.15) is 24.2 Å². The van der Waals surface area contributed by atoms with Crippen molar-refractivity contribution in [2.24, 2.45) is 22.2 Å². The first-order valence-electron chi connectivity index (χ1n) is 9.75. The molecule has 0 aromatic carbocycles. The molecular formula is C17H31N7O8S. The van der Waals surface area contributed by atoms with E-state index in [1.54, 1.807) is 0 Å². The van der Waals surface area contributed by atoms with Gasteiger partial charge in [-0.3, -0.25) is 24.2 Å². The van der Waals surface area contributed by atoms with Gasteiger partial charge in [-0.05, 0) is 19.8 Å². The fourth-order valence-electron chi connectivity index (χ4n) is 2.37. The Kier molecular flexibility index (Phi) is 13.5. The Balaban J connectivity index is 5.44. The van der Waals surface area contributed by atoms with Crippen LogP contribution in [0.15, 0.2) is 4.99 Å². The van der Waals surface area contributed by atoms with E-state index in [9.17, 15) is 29.1 Å². The number of carbonyl (C=O) groups is 5. The van der Waals surface area contributed by atoms with Crippen molar-refractivity contribution < 1.29 is 39.3 Å². The van der Waals surface area contributed by atoms with Gasteiger partial charge < -0.3 is 48.5 Å². The summed E-state index contributed by atoms with van der Waals surface area (Å²) in [5, 5.41) is 34.1. The van der Waals surface area contributed by atoms with E-state index < -0.39 is 66.4 Å². The lowest BCUT2D eigenvalue weighted by Gasteiger charge is -2.24. The number of hydrogen-bond acceptors (Lipinski definition) is 9. The number of hydrogen-bond donors (Lipinski definition) is 10. The van der Waals surface area contributed by atoms with E-state index in [-0.39, 0.29) is 31.1 Å². The third-order valence-corrected chi connectivity index (χ3v) is 4.57. The second kappa shape index (κ2) is 14.9. The molecule has 0 aliphatic rings. The van der Waals surface area contributed by atoms with E-state index >= 15 is 0 Å². The summed E-state index contributed by atoms with van der Waals surface area (Å²) in [6.07, 6.45) is -1.93. The van der Waals surface area contributed by atoms with Crippen molar-refractivity contribution >= 4 is 48.2 Å². The molecule has 0 radical (unpaired) electrons. The van der Waals surface area contributed by atoms with E-state index in [1.807, 2.05) is 0 Å². The smallest absolute Gasteiger partial charge is 0.326 e. The van der Waals surface area contributed by atoms with Crippen molar-refractivity contribution in [3.63, 3.8) is 0 Å². The van der Waals surface area contributed by atoms with Gasteiger partial charge >= 0.3 is 11.9 Å². The van der Waals surface area contributed by atoms with Gasteiger partial charge in [0.15, 0.2) is 5.96 Å². The van der Waals surface area contributed by atoms with Crippen LogP contribution in [-0.4, -0.2) is 93.5 Å². The topological polar surface area (TPSA) is 273 Å². The molecule has 0 rings (SSSR count). The monoisotopic (exact) mass is 493 g/mol. The lowest BCUT2D eigenvalue weighted by molar-refractivity contribution is -0.147. The molecule has 5 unspecified atom stereocenters. The number of nitrogens with zero attached hydrogens (tertiary/aromatic N) is 1. The molecule has 0 spiro atoms. The maximum atomic E-state index is 12.6. The Bertz CT molecular complexity index is 745. The van der Waals surface area contributed by atoms with Gasteiger partial charge in [0, 0.05) is 12.3 Å². The molecule has 0 bridgehead atoms. The summed E-state index contributed by atoms with van der Waals surface area (Å²) in [4.78, 5) is 63.1. The molecule has 3 amide bonds. The van der Waals surface area contributed by atoms with Crippen LogP contribution in [0.25, 0.3) is 0 Å². The molecule has 0 saturated carbocycles. The first-order valence-corrected chi connectivity index (χ1v) is 10.4. The Morgan fingerprint density at radius 3 is 1.91 bits per heavy atom. The number of carboxylic acid groups (broad SMARTS) is 2. The molecule has 0 aliphatic heterocycles. The van der Waals surface area contributed by atoms with Crippen molar-refractivity contribution in [2.75, 3.05) is 12.3 Å². The zero-order valence-corrected chi connectivity index (χ0v) is 18.8. The van der Waals surface area contributed by atoms with E-state index in [1.165, 1.54) is 6.92 Å².